The van der Waals surface area contributed by atoms with Crippen LogP contribution in [0.15, 0.2) is 121 Å². The number of carbonyl (C=O) groups is 1. The molecular weight excluding hydrogens is 747 g/mol. The van der Waals surface area contributed by atoms with Crippen LogP contribution < -0.4 is 16.0 Å². The Kier molecular flexibility index (Phi) is 19.4. The molecular formula is C56H73N3O2. The number of aryl methyl sites for hydroxylation is 6. The van der Waals surface area contributed by atoms with Crippen molar-refractivity contribution < 1.29 is 9.53 Å². The van der Waals surface area contributed by atoms with Crippen LogP contribution in [0.1, 0.15) is 125 Å². The van der Waals surface area contributed by atoms with Crippen LogP contribution in [-0.4, -0.2) is 18.1 Å². The number of hydrogen-bond acceptors (Lipinski definition) is 5. The van der Waals surface area contributed by atoms with Crippen LogP contribution in [0, 0.1) is 41.5 Å². The summed E-state index contributed by atoms with van der Waals surface area (Å²) in [7, 11) is 0. The van der Waals surface area contributed by atoms with Gasteiger partial charge in [-0.1, -0.05) is 145 Å². The summed E-state index contributed by atoms with van der Waals surface area (Å²) in [6.45, 7) is 34.5. The lowest BCUT2D eigenvalue weighted by atomic mass is 9.82. The molecule has 0 aliphatic rings. The van der Waals surface area contributed by atoms with E-state index in [1.54, 1.807) is 6.92 Å². The molecule has 0 heterocycles. The molecule has 2 unspecified atom stereocenters. The molecule has 2 atom stereocenters. The Morgan fingerprint density at radius 3 is 1.39 bits per heavy atom. The topological polar surface area (TPSA) is 62.4 Å². The third-order valence-electron chi connectivity index (χ3n) is 10.4. The van der Waals surface area contributed by atoms with Gasteiger partial charge in [0.05, 0.1) is 6.04 Å². The van der Waals surface area contributed by atoms with E-state index in [1.807, 2.05) is 41.5 Å². The predicted molar refractivity (Wildman–Crippen MR) is 268 cm³/mol. The lowest BCUT2D eigenvalue weighted by Crippen LogP contribution is -2.32. The molecule has 0 saturated heterocycles. The number of rotatable bonds is 12. The number of hydrogen-bond donors (Lipinski definition) is 3. The van der Waals surface area contributed by atoms with Gasteiger partial charge in [0.15, 0.2) is 0 Å². The molecule has 0 amide bonds. The highest BCUT2D eigenvalue weighted by molar-refractivity contribution is 5.97. The van der Waals surface area contributed by atoms with Crippen molar-refractivity contribution >= 4 is 45.2 Å². The first-order valence-electron chi connectivity index (χ1n) is 22.2. The normalized spacial score (nSPS) is 11.4. The number of fused-ring (bicyclic) bond motifs is 1. The van der Waals surface area contributed by atoms with E-state index in [0.29, 0.717) is 5.57 Å². The van der Waals surface area contributed by atoms with E-state index in [1.165, 1.54) is 56.5 Å². The number of benzene rings is 6. The second kappa shape index (κ2) is 23.8. The fourth-order valence-corrected chi connectivity index (χ4v) is 7.55. The van der Waals surface area contributed by atoms with E-state index < -0.39 is 0 Å². The Morgan fingerprint density at radius 2 is 1.00 bits per heavy atom. The molecule has 0 saturated carbocycles. The fraction of sp³-hybridized carbons (Fsp3) is 0.339. The van der Waals surface area contributed by atoms with E-state index in [9.17, 15) is 4.79 Å². The molecule has 324 valence electrons. The number of carbonyl (C=O) groups excluding carboxylic acids is 1. The smallest absolute Gasteiger partial charge is 0.333 e. The summed E-state index contributed by atoms with van der Waals surface area (Å²) < 4.78 is 5.65. The zero-order chi connectivity index (χ0) is 45.4. The van der Waals surface area contributed by atoms with Gasteiger partial charge in [-0.3, -0.25) is 0 Å². The molecule has 0 radical (unpaired) electrons. The van der Waals surface area contributed by atoms with Gasteiger partial charge in [0, 0.05) is 45.3 Å². The largest absolute Gasteiger partial charge is 0.457 e. The first-order valence-corrected chi connectivity index (χ1v) is 22.2. The van der Waals surface area contributed by atoms with Crippen molar-refractivity contribution in [1.82, 2.24) is 0 Å². The van der Waals surface area contributed by atoms with Crippen molar-refractivity contribution in [2.75, 3.05) is 16.0 Å². The van der Waals surface area contributed by atoms with Gasteiger partial charge in [0.2, 0.25) is 0 Å². The maximum absolute atomic E-state index is 12.3. The van der Waals surface area contributed by atoms with Gasteiger partial charge in [-0.15, -0.1) is 0 Å². The van der Waals surface area contributed by atoms with Crippen LogP contribution in [0.2, 0.25) is 0 Å². The molecule has 6 rings (SSSR count). The van der Waals surface area contributed by atoms with E-state index >= 15 is 0 Å². The quantitative estimate of drug-likeness (QED) is 0.0652. The van der Waals surface area contributed by atoms with Gasteiger partial charge in [-0.2, -0.15) is 0 Å². The van der Waals surface area contributed by atoms with Crippen LogP contribution in [0.25, 0.3) is 10.8 Å². The summed E-state index contributed by atoms with van der Waals surface area (Å²) in [5.74, 6) is -0.416. The van der Waals surface area contributed by atoms with Gasteiger partial charge < -0.3 is 20.7 Å². The van der Waals surface area contributed by atoms with Crippen molar-refractivity contribution in [3.05, 3.63) is 171 Å². The first-order chi connectivity index (χ1) is 29.2. The second-order valence-corrected chi connectivity index (χ2v) is 15.8. The number of ether oxygens (including phenoxy) is 1. The summed E-state index contributed by atoms with van der Waals surface area (Å²) in [4.78, 5) is 12.3. The maximum Gasteiger partial charge on any atom is 0.333 e. The summed E-state index contributed by atoms with van der Waals surface area (Å²) in [6, 6.07) is 39.4. The molecule has 0 aliphatic carbocycles. The molecule has 3 N–H and O–H groups in total. The minimum atomic E-state index is -0.380. The Morgan fingerprint density at radius 1 is 0.607 bits per heavy atom. The van der Waals surface area contributed by atoms with Crippen molar-refractivity contribution in [1.29, 1.82) is 0 Å². The minimum absolute atomic E-state index is 0.0365. The molecule has 5 heteroatoms. The lowest BCUT2D eigenvalue weighted by Gasteiger charge is -2.26. The zero-order valence-electron chi connectivity index (χ0n) is 39.9. The second-order valence-electron chi connectivity index (χ2n) is 15.8. The molecule has 5 nitrogen and oxygen atoms in total. The van der Waals surface area contributed by atoms with Crippen molar-refractivity contribution in [3.63, 3.8) is 0 Å². The van der Waals surface area contributed by atoms with Crippen molar-refractivity contribution in [2.45, 2.75) is 128 Å². The maximum atomic E-state index is 12.3. The summed E-state index contributed by atoms with van der Waals surface area (Å²) in [5, 5.41) is 13.3. The fourth-order valence-electron chi connectivity index (χ4n) is 7.55. The Labute approximate surface area is 369 Å². The highest BCUT2D eigenvalue weighted by Crippen LogP contribution is 2.40. The number of nitrogens with one attached hydrogen (secondary N) is 3. The van der Waals surface area contributed by atoms with Crippen molar-refractivity contribution in [3.8, 4) is 0 Å². The van der Waals surface area contributed by atoms with Gasteiger partial charge >= 0.3 is 5.97 Å². The molecule has 6 aromatic carbocycles. The van der Waals surface area contributed by atoms with Crippen LogP contribution in [0.5, 0.6) is 0 Å². The molecule has 0 aromatic heterocycles. The minimum Gasteiger partial charge on any atom is -0.457 e. The van der Waals surface area contributed by atoms with Gasteiger partial charge in [0.25, 0.3) is 0 Å². The van der Waals surface area contributed by atoms with Crippen LogP contribution in [-0.2, 0) is 9.53 Å². The molecule has 0 aliphatic heterocycles. The molecule has 6 aromatic rings. The van der Waals surface area contributed by atoms with Crippen LogP contribution >= 0.6 is 0 Å². The Hall–Kier alpha value is -5.81. The molecule has 0 fully saturated rings. The Balaban J connectivity index is 0.00000134. The summed E-state index contributed by atoms with van der Waals surface area (Å²) in [6.07, 6.45) is 0.902. The van der Waals surface area contributed by atoms with Crippen LogP contribution in [0.3, 0.4) is 0 Å². The van der Waals surface area contributed by atoms with Gasteiger partial charge in [-0.05, 0) is 137 Å². The summed E-state index contributed by atoms with van der Waals surface area (Å²) >= 11 is 0. The monoisotopic (exact) mass is 820 g/mol. The third kappa shape index (κ3) is 13.1. The standard InChI is InChI=1S/C49H53N3O2.C3H8.2C2H6/c1-29(2)49(53)54-37(10)36(9)50-45-24-23-44(42-13-11-12-14-43(42)45)46(38-15-19-40(20-16-38)51-47-32(5)25-30(3)26-33(47)6)39-17-21-41(22-18-39)52-48-34(7)27-31(4)28-35(48)8;1-3-2;2*1-2/h11-28,36-37,46,50-52H,1H2,2-10H3;3H2,1-2H3;2*1-2H3. The third-order valence-corrected chi connectivity index (χ3v) is 10.4. The van der Waals surface area contributed by atoms with E-state index in [0.717, 1.165) is 39.2 Å². The average Bonchev–Trinajstić information content (AvgIpc) is 3.24. The molecule has 61 heavy (non-hydrogen) atoms. The Bertz CT molecular complexity index is 2190. The highest BCUT2D eigenvalue weighted by atomic mass is 16.5. The van der Waals surface area contributed by atoms with E-state index in [2.05, 4.69) is 187 Å². The zero-order valence-corrected chi connectivity index (χ0v) is 39.9. The van der Waals surface area contributed by atoms with Crippen LogP contribution in [0.4, 0.5) is 28.4 Å². The molecule has 0 bridgehead atoms. The number of esters is 1. The molecule has 0 spiro atoms. The predicted octanol–water partition coefficient (Wildman–Crippen LogP) is 16.1. The van der Waals surface area contributed by atoms with E-state index in [4.69, 9.17) is 4.74 Å². The van der Waals surface area contributed by atoms with Crippen molar-refractivity contribution in [2.24, 2.45) is 0 Å². The average molecular weight is 820 g/mol. The van der Waals surface area contributed by atoms with Gasteiger partial charge in [-0.25, -0.2) is 4.79 Å². The number of anilines is 5. The summed E-state index contributed by atoms with van der Waals surface area (Å²) in [5.41, 5.74) is 16.9. The van der Waals surface area contributed by atoms with E-state index in [-0.39, 0.29) is 24.0 Å². The van der Waals surface area contributed by atoms with Gasteiger partial charge in [0.1, 0.15) is 6.10 Å². The SMILES string of the molecule is C=C(C)C(=O)OC(C)C(C)Nc1ccc(C(c2ccc(Nc3c(C)cc(C)cc3C)cc2)c2ccc(Nc3c(C)cc(C)cc3C)cc2)c2ccccc12.CC.CC.CCC. The first kappa shape index (κ1) is 49.6. The highest BCUT2D eigenvalue weighted by Gasteiger charge is 2.23. The lowest BCUT2D eigenvalue weighted by molar-refractivity contribution is -0.143.